The first-order valence-electron chi connectivity index (χ1n) is 5.38. The Morgan fingerprint density at radius 1 is 1.27 bits per heavy atom. The molecule has 0 unspecified atom stereocenters. The standard InChI is InChI=1S/C10H19N5/c1-13-3-5-15(6-4-13)12-8-10-7-11-14(2)9-10/h7,9,12H,3-6,8H2,1-2H3. The summed E-state index contributed by atoms with van der Waals surface area (Å²) in [4.78, 5) is 2.35. The van der Waals surface area contributed by atoms with Crippen molar-refractivity contribution in [2.75, 3.05) is 33.2 Å². The lowest BCUT2D eigenvalue weighted by Crippen LogP contribution is -2.50. The lowest BCUT2D eigenvalue weighted by Gasteiger charge is -2.32. The van der Waals surface area contributed by atoms with Gasteiger partial charge >= 0.3 is 0 Å². The van der Waals surface area contributed by atoms with Crippen molar-refractivity contribution in [1.82, 2.24) is 25.1 Å². The van der Waals surface area contributed by atoms with E-state index in [4.69, 9.17) is 0 Å². The fourth-order valence-electron chi connectivity index (χ4n) is 1.73. The first kappa shape index (κ1) is 10.6. The summed E-state index contributed by atoms with van der Waals surface area (Å²) in [5.41, 5.74) is 4.66. The Hall–Kier alpha value is -0.910. The summed E-state index contributed by atoms with van der Waals surface area (Å²) in [6, 6.07) is 0. The lowest BCUT2D eigenvalue weighted by molar-refractivity contribution is 0.102. The zero-order chi connectivity index (χ0) is 10.7. The molecule has 2 heterocycles. The highest BCUT2D eigenvalue weighted by molar-refractivity contribution is 5.02. The Labute approximate surface area is 90.6 Å². The third-order valence-electron chi connectivity index (χ3n) is 2.77. The average Bonchev–Trinajstić information content (AvgIpc) is 2.64. The molecular formula is C10H19N5. The highest BCUT2D eigenvalue weighted by Gasteiger charge is 2.12. The number of aryl methyl sites for hydroxylation is 1. The van der Waals surface area contributed by atoms with E-state index in [1.165, 1.54) is 5.56 Å². The third kappa shape index (κ3) is 3.02. The second-order valence-electron chi connectivity index (χ2n) is 4.15. The quantitative estimate of drug-likeness (QED) is 0.740. The molecule has 0 atom stereocenters. The summed E-state index contributed by atoms with van der Waals surface area (Å²) in [7, 11) is 4.11. The van der Waals surface area contributed by atoms with Gasteiger partial charge in [-0.15, -0.1) is 0 Å². The Morgan fingerprint density at radius 2 is 2.00 bits per heavy atom. The molecule has 0 saturated carbocycles. The number of rotatable bonds is 3. The minimum absolute atomic E-state index is 0.873. The molecule has 0 bridgehead atoms. The van der Waals surface area contributed by atoms with E-state index >= 15 is 0 Å². The molecule has 5 heteroatoms. The van der Waals surface area contributed by atoms with Crippen LogP contribution in [-0.2, 0) is 13.6 Å². The summed E-state index contributed by atoms with van der Waals surface area (Å²) in [6.07, 6.45) is 3.95. The van der Waals surface area contributed by atoms with E-state index in [-0.39, 0.29) is 0 Å². The maximum absolute atomic E-state index is 4.14. The molecule has 1 aromatic heterocycles. The minimum Gasteiger partial charge on any atom is -0.304 e. The van der Waals surface area contributed by atoms with E-state index in [0.717, 1.165) is 32.7 Å². The van der Waals surface area contributed by atoms with Crippen LogP contribution in [0.25, 0.3) is 0 Å². The van der Waals surface area contributed by atoms with E-state index < -0.39 is 0 Å². The number of nitrogens with zero attached hydrogens (tertiary/aromatic N) is 4. The molecule has 5 nitrogen and oxygen atoms in total. The van der Waals surface area contributed by atoms with Crippen LogP contribution in [0.2, 0.25) is 0 Å². The molecule has 2 rings (SSSR count). The van der Waals surface area contributed by atoms with Crippen LogP contribution < -0.4 is 5.43 Å². The normalized spacial score (nSPS) is 19.6. The van der Waals surface area contributed by atoms with Crippen molar-refractivity contribution in [2.24, 2.45) is 7.05 Å². The number of hydrogen-bond donors (Lipinski definition) is 1. The molecule has 0 spiro atoms. The molecule has 0 radical (unpaired) electrons. The van der Waals surface area contributed by atoms with Crippen LogP contribution >= 0.6 is 0 Å². The summed E-state index contributed by atoms with van der Waals surface area (Å²) < 4.78 is 1.83. The van der Waals surface area contributed by atoms with Crippen LogP contribution in [0.1, 0.15) is 5.56 Å². The molecule has 0 amide bonds. The number of piperazine rings is 1. The summed E-state index contributed by atoms with van der Waals surface area (Å²) in [5.74, 6) is 0. The van der Waals surface area contributed by atoms with Crippen LogP contribution in [-0.4, -0.2) is 52.9 Å². The number of nitrogens with one attached hydrogen (secondary N) is 1. The predicted octanol–water partition coefficient (Wildman–Crippen LogP) is -0.328. The molecule has 15 heavy (non-hydrogen) atoms. The zero-order valence-corrected chi connectivity index (χ0v) is 9.48. The van der Waals surface area contributed by atoms with Gasteiger partial charge in [0.25, 0.3) is 0 Å². The maximum Gasteiger partial charge on any atom is 0.0535 e. The highest BCUT2D eigenvalue weighted by atomic mass is 15.5. The van der Waals surface area contributed by atoms with Gasteiger partial charge in [0.05, 0.1) is 6.20 Å². The molecule has 0 aliphatic carbocycles. The van der Waals surface area contributed by atoms with Crippen molar-refractivity contribution in [2.45, 2.75) is 6.54 Å². The molecule has 1 aliphatic rings. The maximum atomic E-state index is 4.14. The van der Waals surface area contributed by atoms with Gasteiger partial charge in [-0.3, -0.25) is 10.1 Å². The van der Waals surface area contributed by atoms with E-state index in [9.17, 15) is 0 Å². The third-order valence-corrected chi connectivity index (χ3v) is 2.77. The SMILES string of the molecule is CN1CCN(NCc2cnn(C)c2)CC1. The smallest absolute Gasteiger partial charge is 0.0535 e. The van der Waals surface area contributed by atoms with Crippen molar-refractivity contribution >= 4 is 0 Å². The van der Waals surface area contributed by atoms with Crippen LogP contribution in [0, 0.1) is 0 Å². The van der Waals surface area contributed by atoms with Crippen molar-refractivity contribution in [1.29, 1.82) is 0 Å². The second kappa shape index (κ2) is 4.74. The fraction of sp³-hybridized carbons (Fsp3) is 0.700. The molecule has 1 aromatic rings. The van der Waals surface area contributed by atoms with Crippen molar-refractivity contribution < 1.29 is 0 Å². The Bertz CT molecular complexity index is 301. The van der Waals surface area contributed by atoms with E-state index in [1.54, 1.807) is 0 Å². The van der Waals surface area contributed by atoms with Gasteiger partial charge in [0.2, 0.25) is 0 Å². The first-order chi connectivity index (χ1) is 7.24. The largest absolute Gasteiger partial charge is 0.304 e. The van der Waals surface area contributed by atoms with Crippen molar-refractivity contribution in [3.8, 4) is 0 Å². The number of likely N-dealkylation sites (N-methyl/N-ethyl adjacent to an activating group) is 1. The first-order valence-corrected chi connectivity index (χ1v) is 5.38. The number of aromatic nitrogens is 2. The van der Waals surface area contributed by atoms with Crippen LogP contribution in [0.4, 0.5) is 0 Å². The Morgan fingerprint density at radius 3 is 2.60 bits per heavy atom. The van der Waals surface area contributed by atoms with Gasteiger partial charge in [0.15, 0.2) is 0 Å². The van der Waals surface area contributed by atoms with Gasteiger partial charge in [-0.05, 0) is 7.05 Å². The Balaban J connectivity index is 1.74. The predicted molar refractivity (Wildman–Crippen MR) is 59.1 cm³/mol. The second-order valence-corrected chi connectivity index (χ2v) is 4.15. The van der Waals surface area contributed by atoms with Gasteiger partial charge in [0.1, 0.15) is 0 Å². The van der Waals surface area contributed by atoms with E-state index in [2.05, 4.69) is 27.5 Å². The number of hydrogen-bond acceptors (Lipinski definition) is 4. The van der Waals surface area contributed by atoms with Crippen LogP contribution in [0.5, 0.6) is 0 Å². The molecule has 1 saturated heterocycles. The molecule has 1 N–H and O–H groups in total. The number of hydrazine groups is 1. The summed E-state index contributed by atoms with van der Waals surface area (Å²) in [5, 5.41) is 6.43. The average molecular weight is 209 g/mol. The van der Waals surface area contributed by atoms with Crippen molar-refractivity contribution in [3.63, 3.8) is 0 Å². The lowest BCUT2D eigenvalue weighted by atomic mass is 10.3. The van der Waals surface area contributed by atoms with Gasteiger partial charge < -0.3 is 4.90 Å². The van der Waals surface area contributed by atoms with Gasteiger partial charge in [-0.25, -0.2) is 5.01 Å². The van der Waals surface area contributed by atoms with Gasteiger partial charge in [0, 0.05) is 51.5 Å². The van der Waals surface area contributed by atoms with Gasteiger partial charge in [-0.2, -0.15) is 5.10 Å². The Kier molecular flexibility index (Phi) is 3.35. The molecule has 0 aromatic carbocycles. The molecule has 84 valence electrons. The van der Waals surface area contributed by atoms with Crippen molar-refractivity contribution in [3.05, 3.63) is 18.0 Å². The zero-order valence-electron chi connectivity index (χ0n) is 9.48. The molecule has 1 aliphatic heterocycles. The minimum atomic E-state index is 0.873. The summed E-state index contributed by atoms with van der Waals surface area (Å²) >= 11 is 0. The summed E-state index contributed by atoms with van der Waals surface area (Å²) in [6.45, 7) is 5.34. The van der Waals surface area contributed by atoms with E-state index in [1.807, 2.05) is 24.1 Å². The molecular weight excluding hydrogens is 190 g/mol. The monoisotopic (exact) mass is 209 g/mol. The molecule has 1 fully saturated rings. The highest BCUT2D eigenvalue weighted by Crippen LogP contribution is 1.99. The van der Waals surface area contributed by atoms with Gasteiger partial charge in [-0.1, -0.05) is 0 Å². The van der Waals surface area contributed by atoms with Crippen LogP contribution in [0.3, 0.4) is 0 Å². The van der Waals surface area contributed by atoms with E-state index in [0.29, 0.717) is 0 Å². The van der Waals surface area contributed by atoms with Crippen LogP contribution in [0.15, 0.2) is 12.4 Å². The topological polar surface area (TPSA) is 36.3 Å². The fourth-order valence-corrected chi connectivity index (χ4v) is 1.73.